The Balaban J connectivity index is 3.90. The van der Waals surface area contributed by atoms with Gasteiger partial charge in [-0.15, -0.1) is 0 Å². The van der Waals surface area contributed by atoms with Crippen molar-refractivity contribution in [2.24, 2.45) is 0 Å². The second-order valence-corrected chi connectivity index (χ2v) is 5.22. The summed E-state index contributed by atoms with van der Waals surface area (Å²) in [6.07, 6.45) is 3.23. The maximum Gasteiger partial charge on any atom is 0.0701 e. The van der Waals surface area contributed by atoms with Gasteiger partial charge in [-0.2, -0.15) is 0 Å². The molecule has 0 aromatic heterocycles. The fourth-order valence-corrected chi connectivity index (χ4v) is 1.58. The van der Waals surface area contributed by atoms with E-state index in [0.717, 1.165) is 32.4 Å². The Hall–Kier alpha value is -0.160. The monoisotopic (exact) mass is 261 g/mol. The standard InChI is InChI=1S/C14H31NO3/c1-6-9-15-13(12-18-11-10-16-4)7-8-14(2,3)17-5/h13,15H,6-12H2,1-5H3. The minimum Gasteiger partial charge on any atom is -0.382 e. The van der Waals surface area contributed by atoms with E-state index in [0.29, 0.717) is 19.3 Å². The number of methoxy groups -OCH3 is 2. The molecule has 18 heavy (non-hydrogen) atoms. The summed E-state index contributed by atoms with van der Waals surface area (Å²) in [6.45, 7) is 9.51. The van der Waals surface area contributed by atoms with Crippen LogP contribution < -0.4 is 5.32 Å². The summed E-state index contributed by atoms with van der Waals surface area (Å²) < 4.78 is 16.0. The third-order valence-electron chi connectivity index (χ3n) is 3.08. The molecular formula is C14H31NO3. The largest absolute Gasteiger partial charge is 0.382 e. The predicted octanol–water partition coefficient (Wildman–Crippen LogP) is 2.22. The lowest BCUT2D eigenvalue weighted by molar-refractivity contribution is 0.00614. The first-order chi connectivity index (χ1) is 8.55. The Morgan fingerprint density at radius 1 is 1.17 bits per heavy atom. The summed E-state index contributed by atoms with van der Waals surface area (Å²) in [6, 6.07) is 0.399. The van der Waals surface area contributed by atoms with Crippen molar-refractivity contribution in [1.82, 2.24) is 5.32 Å². The molecule has 0 radical (unpaired) electrons. The van der Waals surface area contributed by atoms with Gasteiger partial charge in [0.1, 0.15) is 0 Å². The number of hydrogen-bond donors (Lipinski definition) is 1. The molecule has 0 saturated carbocycles. The first kappa shape index (κ1) is 17.8. The van der Waals surface area contributed by atoms with Crippen LogP contribution in [0.3, 0.4) is 0 Å². The minimum absolute atomic E-state index is 0.0569. The zero-order valence-electron chi connectivity index (χ0n) is 12.8. The van der Waals surface area contributed by atoms with Crippen LogP contribution in [0.2, 0.25) is 0 Å². The van der Waals surface area contributed by atoms with Crippen molar-refractivity contribution in [2.45, 2.75) is 51.7 Å². The zero-order chi connectivity index (χ0) is 13.9. The molecule has 0 aliphatic heterocycles. The van der Waals surface area contributed by atoms with Gasteiger partial charge in [0.25, 0.3) is 0 Å². The van der Waals surface area contributed by atoms with Crippen molar-refractivity contribution in [3.8, 4) is 0 Å². The molecular weight excluding hydrogens is 230 g/mol. The molecule has 110 valence electrons. The van der Waals surface area contributed by atoms with E-state index in [1.165, 1.54) is 0 Å². The van der Waals surface area contributed by atoms with E-state index >= 15 is 0 Å². The first-order valence-corrected chi connectivity index (χ1v) is 6.91. The van der Waals surface area contributed by atoms with Gasteiger partial charge in [0.2, 0.25) is 0 Å². The van der Waals surface area contributed by atoms with Crippen molar-refractivity contribution >= 4 is 0 Å². The maximum absolute atomic E-state index is 5.60. The van der Waals surface area contributed by atoms with Crippen LogP contribution in [-0.2, 0) is 14.2 Å². The molecule has 0 fully saturated rings. The number of rotatable bonds is 12. The van der Waals surface area contributed by atoms with Crippen LogP contribution in [0.5, 0.6) is 0 Å². The maximum atomic E-state index is 5.60. The van der Waals surface area contributed by atoms with Crippen LogP contribution in [0.25, 0.3) is 0 Å². The van der Waals surface area contributed by atoms with Gasteiger partial charge in [0, 0.05) is 20.3 Å². The summed E-state index contributed by atoms with van der Waals surface area (Å²) in [4.78, 5) is 0. The molecule has 0 aliphatic rings. The van der Waals surface area contributed by atoms with Gasteiger partial charge < -0.3 is 19.5 Å². The second kappa shape index (κ2) is 10.7. The Morgan fingerprint density at radius 2 is 1.89 bits per heavy atom. The average Bonchev–Trinajstić information content (AvgIpc) is 2.37. The molecule has 4 heteroatoms. The lowest BCUT2D eigenvalue weighted by atomic mass is 9.99. The topological polar surface area (TPSA) is 39.7 Å². The summed E-state index contributed by atoms with van der Waals surface area (Å²) in [5.41, 5.74) is -0.0569. The summed E-state index contributed by atoms with van der Waals surface area (Å²) in [5.74, 6) is 0. The normalized spacial score (nSPS) is 13.8. The summed E-state index contributed by atoms with van der Waals surface area (Å²) >= 11 is 0. The molecule has 0 saturated heterocycles. The quantitative estimate of drug-likeness (QED) is 0.547. The third-order valence-corrected chi connectivity index (χ3v) is 3.08. The summed E-state index contributed by atoms with van der Waals surface area (Å²) in [7, 11) is 3.46. The average molecular weight is 261 g/mol. The van der Waals surface area contributed by atoms with Gasteiger partial charge in [0.05, 0.1) is 25.4 Å². The SMILES string of the molecule is CCCNC(CCC(C)(C)OC)COCCOC. The predicted molar refractivity (Wildman–Crippen MR) is 75.1 cm³/mol. The highest BCUT2D eigenvalue weighted by Crippen LogP contribution is 2.16. The molecule has 0 aromatic rings. The molecule has 1 unspecified atom stereocenters. The van der Waals surface area contributed by atoms with Gasteiger partial charge in [-0.25, -0.2) is 0 Å². The number of ether oxygens (including phenoxy) is 3. The molecule has 0 spiro atoms. The van der Waals surface area contributed by atoms with Gasteiger partial charge in [-0.3, -0.25) is 0 Å². The zero-order valence-corrected chi connectivity index (χ0v) is 12.8. The minimum atomic E-state index is -0.0569. The van der Waals surface area contributed by atoms with E-state index in [1.54, 1.807) is 14.2 Å². The lowest BCUT2D eigenvalue weighted by Crippen LogP contribution is -2.36. The van der Waals surface area contributed by atoms with Crippen LogP contribution in [0, 0.1) is 0 Å². The van der Waals surface area contributed by atoms with E-state index in [-0.39, 0.29) is 5.60 Å². The van der Waals surface area contributed by atoms with Crippen molar-refractivity contribution in [3.05, 3.63) is 0 Å². The second-order valence-electron chi connectivity index (χ2n) is 5.22. The van der Waals surface area contributed by atoms with E-state index in [2.05, 4.69) is 26.1 Å². The number of nitrogens with one attached hydrogen (secondary N) is 1. The molecule has 4 nitrogen and oxygen atoms in total. The highest BCUT2D eigenvalue weighted by Gasteiger charge is 2.19. The van der Waals surface area contributed by atoms with E-state index < -0.39 is 0 Å². The Labute approximate surface area is 112 Å². The van der Waals surface area contributed by atoms with Gasteiger partial charge in [0.15, 0.2) is 0 Å². The fraction of sp³-hybridized carbons (Fsp3) is 1.00. The van der Waals surface area contributed by atoms with Crippen molar-refractivity contribution in [2.75, 3.05) is 40.6 Å². The lowest BCUT2D eigenvalue weighted by Gasteiger charge is -2.26. The molecule has 0 bridgehead atoms. The molecule has 1 N–H and O–H groups in total. The highest BCUT2D eigenvalue weighted by molar-refractivity contribution is 4.74. The van der Waals surface area contributed by atoms with Crippen molar-refractivity contribution < 1.29 is 14.2 Å². The van der Waals surface area contributed by atoms with E-state index in [1.807, 2.05) is 0 Å². The Morgan fingerprint density at radius 3 is 2.44 bits per heavy atom. The smallest absolute Gasteiger partial charge is 0.0701 e. The number of hydrogen-bond acceptors (Lipinski definition) is 4. The van der Waals surface area contributed by atoms with Crippen LogP contribution in [0.15, 0.2) is 0 Å². The molecule has 0 amide bonds. The Kier molecular flexibility index (Phi) is 10.6. The molecule has 0 aliphatic carbocycles. The molecule has 0 aromatic carbocycles. The fourth-order valence-electron chi connectivity index (χ4n) is 1.58. The highest BCUT2D eigenvalue weighted by atomic mass is 16.5. The van der Waals surface area contributed by atoms with Crippen LogP contribution in [0.4, 0.5) is 0 Å². The van der Waals surface area contributed by atoms with E-state index in [4.69, 9.17) is 14.2 Å². The van der Waals surface area contributed by atoms with E-state index in [9.17, 15) is 0 Å². The van der Waals surface area contributed by atoms with Crippen LogP contribution >= 0.6 is 0 Å². The Bertz CT molecular complexity index is 186. The summed E-state index contributed by atoms with van der Waals surface area (Å²) in [5, 5.41) is 3.52. The van der Waals surface area contributed by atoms with Crippen LogP contribution in [0.1, 0.15) is 40.0 Å². The molecule has 1 atom stereocenters. The van der Waals surface area contributed by atoms with Gasteiger partial charge >= 0.3 is 0 Å². The first-order valence-electron chi connectivity index (χ1n) is 6.91. The van der Waals surface area contributed by atoms with Gasteiger partial charge in [-0.1, -0.05) is 6.92 Å². The third kappa shape index (κ3) is 9.83. The van der Waals surface area contributed by atoms with Crippen molar-refractivity contribution in [1.29, 1.82) is 0 Å². The molecule has 0 rings (SSSR count). The van der Waals surface area contributed by atoms with Crippen molar-refractivity contribution in [3.63, 3.8) is 0 Å². The van der Waals surface area contributed by atoms with Crippen LogP contribution in [-0.4, -0.2) is 52.2 Å². The van der Waals surface area contributed by atoms with Gasteiger partial charge in [-0.05, 0) is 39.7 Å². The molecule has 0 heterocycles.